The molecule has 1 aliphatic rings. The lowest BCUT2D eigenvalue weighted by Crippen LogP contribution is -2.32. The number of rotatable bonds is 2. The van der Waals surface area contributed by atoms with Crippen molar-refractivity contribution in [3.05, 3.63) is 42.5 Å². The third-order valence-electron chi connectivity index (χ3n) is 2.87. The van der Waals surface area contributed by atoms with Crippen molar-refractivity contribution in [2.24, 2.45) is 0 Å². The number of allylic oxidation sites excluding steroid dienone is 2. The molecule has 0 amide bonds. The van der Waals surface area contributed by atoms with Crippen molar-refractivity contribution < 1.29 is 9.84 Å². The molecule has 1 aliphatic carbocycles. The van der Waals surface area contributed by atoms with E-state index in [0.717, 1.165) is 31.4 Å². The van der Waals surface area contributed by atoms with E-state index in [4.69, 9.17) is 4.74 Å². The maximum Gasteiger partial charge on any atom is 0.125 e. The maximum absolute atomic E-state index is 9.98. The van der Waals surface area contributed by atoms with Gasteiger partial charge in [0.2, 0.25) is 0 Å². The monoisotopic (exact) mass is 218 g/mol. The minimum Gasteiger partial charge on any atom is -0.488 e. The van der Waals surface area contributed by atoms with E-state index in [9.17, 15) is 5.11 Å². The third kappa shape index (κ3) is 3.11. The Hall–Kier alpha value is -1.28. The van der Waals surface area contributed by atoms with Crippen LogP contribution in [0.5, 0.6) is 5.75 Å². The predicted molar refractivity (Wildman–Crippen MR) is 64.5 cm³/mol. The van der Waals surface area contributed by atoms with Gasteiger partial charge in [0.1, 0.15) is 11.9 Å². The lowest BCUT2D eigenvalue weighted by molar-refractivity contribution is 0.0261. The van der Waals surface area contributed by atoms with Crippen molar-refractivity contribution in [2.45, 2.75) is 37.9 Å². The van der Waals surface area contributed by atoms with Crippen LogP contribution in [-0.4, -0.2) is 17.3 Å². The molecule has 1 N–H and O–H groups in total. The fourth-order valence-electron chi connectivity index (χ4n) is 1.95. The molecule has 0 unspecified atom stereocenters. The Balaban J connectivity index is 1.99. The summed E-state index contributed by atoms with van der Waals surface area (Å²) in [6, 6.07) is 9.72. The van der Waals surface area contributed by atoms with E-state index in [2.05, 4.69) is 12.2 Å². The van der Waals surface area contributed by atoms with Crippen molar-refractivity contribution in [1.29, 1.82) is 0 Å². The molecule has 0 saturated heterocycles. The van der Waals surface area contributed by atoms with Gasteiger partial charge in [0, 0.05) is 0 Å². The number of aliphatic hydroxyl groups is 1. The molecule has 2 nitrogen and oxygen atoms in total. The highest BCUT2D eigenvalue weighted by atomic mass is 16.5. The maximum atomic E-state index is 9.98. The van der Waals surface area contributed by atoms with Crippen molar-refractivity contribution in [3.8, 4) is 5.75 Å². The molecule has 0 spiro atoms. The fraction of sp³-hybridized carbons (Fsp3) is 0.429. The van der Waals surface area contributed by atoms with Gasteiger partial charge in [0.25, 0.3) is 0 Å². The van der Waals surface area contributed by atoms with Crippen molar-refractivity contribution in [3.63, 3.8) is 0 Å². The van der Waals surface area contributed by atoms with Gasteiger partial charge in [-0.25, -0.2) is 0 Å². The number of hydrogen-bond donors (Lipinski definition) is 1. The van der Waals surface area contributed by atoms with E-state index < -0.39 is 0 Å². The number of hydrogen-bond acceptors (Lipinski definition) is 2. The van der Waals surface area contributed by atoms with E-state index in [1.165, 1.54) is 0 Å². The minimum absolute atomic E-state index is 0.0765. The Morgan fingerprint density at radius 3 is 2.44 bits per heavy atom. The molecular formula is C14H18O2. The molecule has 0 aliphatic heterocycles. The molecule has 0 radical (unpaired) electrons. The molecule has 16 heavy (non-hydrogen) atoms. The van der Waals surface area contributed by atoms with Gasteiger partial charge in [0.15, 0.2) is 0 Å². The molecule has 86 valence electrons. The molecule has 2 heteroatoms. The molecule has 0 fully saturated rings. The Bertz CT molecular complexity index is 332. The molecule has 2 rings (SSSR count). The van der Waals surface area contributed by atoms with Gasteiger partial charge in [-0.15, -0.1) is 0 Å². The average molecular weight is 218 g/mol. The zero-order valence-corrected chi connectivity index (χ0v) is 9.38. The van der Waals surface area contributed by atoms with E-state index in [-0.39, 0.29) is 12.2 Å². The zero-order valence-electron chi connectivity index (χ0n) is 9.38. The summed E-state index contributed by atoms with van der Waals surface area (Å²) in [5.74, 6) is 0.844. The van der Waals surface area contributed by atoms with Crippen LogP contribution in [-0.2, 0) is 0 Å². The van der Waals surface area contributed by atoms with Crippen LogP contribution in [0.3, 0.4) is 0 Å². The summed E-state index contributed by atoms with van der Waals surface area (Å²) in [6.07, 6.45) is 7.47. The molecule has 0 heterocycles. The first-order valence-corrected chi connectivity index (χ1v) is 5.91. The number of aliphatic hydroxyl groups excluding tert-OH is 1. The number of ether oxygens (including phenoxy) is 1. The summed E-state index contributed by atoms with van der Waals surface area (Å²) < 4.78 is 5.82. The van der Waals surface area contributed by atoms with E-state index in [0.29, 0.717) is 0 Å². The largest absolute Gasteiger partial charge is 0.488 e. The van der Waals surface area contributed by atoms with E-state index in [1.54, 1.807) is 0 Å². The van der Waals surface area contributed by atoms with Crippen LogP contribution in [0.4, 0.5) is 0 Å². The Morgan fingerprint density at radius 2 is 1.69 bits per heavy atom. The number of benzene rings is 1. The van der Waals surface area contributed by atoms with Crippen LogP contribution in [0, 0.1) is 0 Å². The molecule has 2 atom stereocenters. The standard InChI is InChI=1S/C14H18O2/c15-13-10-6-1-2-7-11-14(13)16-12-8-4-3-5-9-12/h1-5,8-9,13-15H,6-7,10-11H2/b2-1-/t13-,14-/m1/s1. The molecular weight excluding hydrogens is 200 g/mol. The van der Waals surface area contributed by atoms with Gasteiger partial charge in [-0.1, -0.05) is 30.4 Å². The van der Waals surface area contributed by atoms with Crippen molar-refractivity contribution in [2.75, 3.05) is 0 Å². The average Bonchev–Trinajstić information content (AvgIpc) is 2.30. The molecule has 1 aromatic rings. The Kier molecular flexibility index (Phi) is 4.00. The highest BCUT2D eigenvalue weighted by Crippen LogP contribution is 2.20. The summed E-state index contributed by atoms with van der Waals surface area (Å²) in [4.78, 5) is 0. The molecule has 0 saturated carbocycles. The summed E-state index contributed by atoms with van der Waals surface area (Å²) in [7, 11) is 0. The smallest absolute Gasteiger partial charge is 0.125 e. The summed E-state index contributed by atoms with van der Waals surface area (Å²) >= 11 is 0. The zero-order chi connectivity index (χ0) is 11.2. The first kappa shape index (κ1) is 11.2. The van der Waals surface area contributed by atoms with Crippen LogP contribution in [0.2, 0.25) is 0 Å². The summed E-state index contributed by atoms with van der Waals surface area (Å²) in [6.45, 7) is 0. The highest BCUT2D eigenvalue weighted by molar-refractivity contribution is 5.21. The van der Waals surface area contributed by atoms with Crippen LogP contribution < -0.4 is 4.74 Å². The van der Waals surface area contributed by atoms with Gasteiger partial charge < -0.3 is 9.84 Å². The van der Waals surface area contributed by atoms with Crippen LogP contribution in [0.15, 0.2) is 42.5 Å². The molecule has 0 bridgehead atoms. The Morgan fingerprint density at radius 1 is 1.00 bits per heavy atom. The van der Waals surface area contributed by atoms with Gasteiger partial charge in [0.05, 0.1) is 6.10 Å². The SMILES string of the molecule is O[C@@H]1CC/C=C\CC[C@H]1Oc1ccccc1. The van der Waals surface area contributed by atoms with Crippen molar-refractivity contribution >= 4 is 0 Å². The van der Waals surface area contributed by atoms with Crippen molar-refractivity contribution in [1.82, 2.24) is 0 Å². The fourth-order valence-corrected chi connectivity index (χ4v) is 1.95. The molecule has 1 aromatic carbocycles. The number of para-hydroxylation sites is 1. The van der Waals surface area contributed by atoms with Crippen LogP contribution >= 0.6 is 0 Å². The topological polar surface area (TPSA) is 29.5 Å². The molecule has 0 aromatic heterocycles. The first-order chi connectivity index (χ1) is 7.86. The second kappa shape index (κ2) is 5.71. The van der Waals surface area contributed by atoms with Gasteiger partial charge in [-0.2, -0.15) is 0 Å². The summed E-state index contributed by atoms with van der Waals surface area (Å²) in [5.41, 5.74) is 0. The minimum atomic E-state index is -0.356. The lowest BCUT2D eigenvalue weighted by Gasteiger charge is -2.24. The Labute approximate surface area is 96.6 Å². The van der Waals surface area contributed by atoms with E-state index in [1.807, 2.05) is 30.3 Å². The van der Waals surface area contributed by atoms with Crippen LogP contribution in [0.25, 0.3) is 0 Å². The second-order valence-electron chi connectivity index (χ2n) is 4.16. The first-order valence-electron chi connectivity index (χ1n) is 5.91. The van der Waals surface area contributed by atoms with Gasteiger partial charge in [-0.3, -0.25) is 0 Å². The normalized spacial score (nSPS) is 27.8. The predicted octanol–water partition coefficient (Wildman–Crippen LogP) is 2.93. The second-order valence-corrected chi connectivity index (χ2v) is 4.16. The lowest BCUT2D eigenvalue weighted by atomic mass is 10.0. The van der Waals surface area contributed by atoms with Gasteiger partial charge >= 0.3 is 0 Å². The van der Waals surface area contributed by atoms with Gasteiger partial charge in [-0.05, 0) is 37.8 Å². The van der Waals surface area contributed by atoms with E-state index >= 15 is 0 Å². The quantitative estimate of drug-likeness (QED) is 0.773. The highest BCUT2D eigenvalue weighted by Gasteiger charge is 2.20. The summed E-state index contributed by atoms with van der Waals surface area (Å²) in [5, 5.41) is 9.98. The third-order valence-corrected chi connectivity index (χ3v) is 2.87. The van der Waals surface area contributed by atoms with Crippen LogP contribution in [0.1, 0.15) is 25.7 Å².